The summed E-state index contributed by atoms with van der Waals surface area (Å²) >= 11 is 0. The van der Waals surface area contributed by atoms with Crippen molar-refractivity contribution in [3.8, 4) is 22.5 Å². The molecule has 0 amide bonds. The fourth-order valence-electron chi connectivity index (χ4n) is 4.40. The standard InChI is InChI=1S/C24H25FN6/c1-15-12-21(30-13-16(2)27-17(3)14-30)29-31-23(19-8-10-26-11-9-19)22(28-24(15)31)18-4-6-20(25)7-5-18/h4-12,16-17,27H,13-14H2,1-3H3. The highest BCUT2D eigenvalue weighted by molar-refractivity contribution is 5.82. The molecule has 1 aliphatic heterocycles. The number of fused-ring (bicyclic) bond motifs is 1. The number of nitrogens with zero attached hydrogens (tertiary/aromatic N) is 5. The van der Waals surface area contributed by atoms with Crippen LogP contribution in [0.4, 0.5) is 10.2 Å². The van der Waals surface area contributed by atoms with Gasteiger partial charge >= 0.3 is 0 Å². The molecule has 158 valence electrons. The lowest BCUT2D eigenvalue weighted by molar-refractivity contribution is 0.404. The van der Waals surface area contributed by atoms with Crippen molar-refractivity contribution >= 4 is 11.5 Å². The summed E-state index contributed by atoms with van der Waals surface area (Å²) in [5.41, 5.74) is 5.32. The molecular weight excluding hydrogens is 391 g/mol. The second-order valence-electron chi connectivity index (χ2n) is 8.35. The summed E-state index contributed by atoms with van der Waals surface area (Å²) in [6.45, 7) is 8.24. The van der Waals surface area contributed by atoms with Crippen LogP contribution in [0.5, 0.6) is 0 Å². The number of imidazole rings is 1. The minimum Gasteiger partial charge on any atom is -0.352 e. The summed E-state index contributed by atoms with van der Waals surface area (Å²) in [7, 11) is 0. The molecule has 0 saturated carbocycles. The molecule has 1 N–H and O–H groups in total. The van der Waals surface area contributed by atoms with Gasteiger partial charge in [0.05, 0.1) is 5.69 Å². The second kappa shape index (κ2) is 7.74. The molecule has 1 fully saturated rings. The monoisotopic (exact) mass is 416 g/mol. The van der Waals surface area contributed by atoms with Gasteiger partial charge in [0.2, 0.25) is 0 Å². The lowest BCUT2D eigenvalue weighted by Gasteiger charge is -2.36. The summed E-state index contributed by atoms with van der Waals surface area (Å²) in [6, 6.07) is 13.2. The van der Waals surface area contributed by atoms with Crippen LogP contribution in [0.15, 0.2) is 54.9 Å². The molecular formula is C24H25FN6. The maximum atomic E-state index is 13.6. The smallest absolute Gasteiger partial charge is 0.158 e. The van der Waals surface area contributed by atoms with Crippen LogP contribution >= 0.6 is 0 Å². The highest BCUT2D eigenvalue weighted by atomic mass is 19.1. The van der Waals surface area contributed by atoms with Crippen molar-refractivity contribution in [2.45, 2.75) is 32.9 Å². The SMILES string of the molecule is Cc1cc(N2CC(C)NC(C)C2)nn2c(-c3ccncc3)c(-c3ccc(F)cc3)nc12. The number of aromatic nitrogens is 4. The number of rotatable bonds is 3. The van der Waals surface area contributed by atoms with Crippen molar-refractivity contribution in [2.24, 2.45) is 0 Å². The Labute approximate surface area is 180 Å². The van der Waals surface area contributed by atoms with Crippen molar-refractivity contribution in [1.82, 2.24) is 24.9 Å². The molecule has 0 radical (unpaired) electrons. The Morgan fingerprint density at radius 2 is 1.65 bits per heavy atom. The van der Waals surface area contributed by atoms with Gasteiger partial charge in [0, 0.05) is 48.7 Å². The second-order valence-corrected chi connectivity index (χ2v) is 8.35. The van der Waals surface area contributed by atoms with Gasteiger partial charge in [0.25, 0.3) is 0 Å². The molecule has 6 nitrogen and oxygen atoms in total. The van der Waals surface area contributed by atoms with E-state index in [1.807, 2.05) is 16.6 Å². The number of pyridine rings is 1. The fourth-order valence-corrected chi connectivity index (χ4v) is 4.40. The van der Waals surface area contributed by atoms with Crippen molar-refractivity contribution in [1.29, 1.82) is 0 Å². The Bertz CT molecular complexity index is 1210. The molecule has 4 heterocycles. The molecule has 2 unspecified atom stereocenters. The normalized spacial score (nSPS) is 19.2. The Kier molecular flexibility index (Phi) is 4.90. The van der Waals surface area contributed by atoms with E-state index >= 15 is 0 Å². The van der Waals surface area contributed by atoms with Gasteiger partial charge in [-0.2, -0.15) is 0 Å². The molecule has 5 rings (SSSR count). The lowest BCUT2D eigenvalue weighted by Crippen LogP contribution is -2.54. The number of anilines is 1. The van der Waals surface area contributed by atoms with Crippen LogP contribution in [0.1, 0.15) is 19.4 Å². The topological polar surface area (TPSA) is 58.4 Å². The van der Waals surface area contributed by atoms with Crippen molar-refractivity contribution in [2.75, 3.05) is 18.0 Å². The van der Waals surface area contributed by atoms with Crippen LogP contribution in [0.3, 0.4) is 0 Å². The van der Waals surface area contributed by atoms with E-state index < -0.39 is 0 Å². The van der Waals surface area contributed by atoms with Crippen LogP contribution in [0.25, 0.3) is 28.2 Å². The quantitative estimate of drug-likeness (QED) is 0.545. The van der Waals surface area contributed by atoms with E-state index in [1.165, 1.54) is 12.1 Å². The molecule has 0 bridgehead atoms. The number of nitrogens with one attached hydrogen (secondary N) is 1. The highest BCUT2D eigenvalue weighted by Gasteiger charge is 2.25. The summed E-state index contributed by atoms with van der Waals surface area (Å²) in [4.78, 5) is 11.4. The maximum Gasteiger partial charge on any atom is 0.158 e. The maximum absolute atomic E-state index is 13.6. The Balaban J connectivity index is 1.73. The largest absolute Gasteiger partial charge is 0.352 e. The van der Waals surface area contributed by atoms with Crippen molar-refractivity contribution in [3.05, 3.63) is 66.2 Å². The molecule has 0 aliphatic carbocycles. The van der Waals surface area contributed by atoms with Crippen LogP contribution in [-0.4, -0.2) is 44.8 Å². The van der Waals surface area contributed by atoms with Gasteiger partial charge in [-0.1, -0.05) is 0 Å². The van der Waals surface area contributed by atoms with Crippen LogP contribution in [0, 0.1) is 12.7 Å². The predicted octanol–water partition coefficient (Wildman–Crippen LogP) is 4.09. The van der Waals surface area contributed by atoms with Gasteiger partial charge in [-0.3, -0.25) is 4.98 Å². The van der Waals surface area contributed by atoms with Gasteiger partial charge in [0.15, 0.2) is 5.65 Å². The zero-order valence-electron chi connectivity index (χ0n) is 17.9. The first-order chi connectivity index (χ1) is 15.0. The number of aryl methyl sites for hydroxylation is 1. The zero-order valence-corrected chi connectivity index (χ0v) is 17.9. The van der Waals surface area contributed by atoms with Crippen LogP contribution < -0.4 is 10.2 Å². The summed E-state index contributed by atoms with van der Waals surface area (Å²) in [6.07, 6.45) is 3.53. The molecule has 31 heavy (non-hydrogen) atoms. The first kappa shape index (κ1) is 19.6. The van der Waals surface area contributed by atoms with Crippen molar-refractivity contribution in [3.63, 3.8) is 0 Å². The summed E-state index contributed by atoms with van der Waals surface area (Å²) in [5, 5.41) is 8.60. The first-order valence-electron chi connectivity index (χ1n) is 10.6. The van der Waals surface area contributed by atoms with Crippen LogP contribution in [0.2, 0.25) is 0 Å². The number of hydrogen-bond acceptors (Lipinski definition) is 5. The zero-order chi connectivity index (χ0) is 21.5. The molecule has 0 spiro atoms. The fraction of sp³-hybridized carbons (Fsp3) is 0.292. The third-order valence-corrected chi connectivity index (χ3v) is 5.71. The van der Waals surface area contributed by atoms with Gasteiger partial charge < -0.3 is 10.2 Å². The molecule has 3 aromatic heterocycles. The summed E-state index contributed by atoms with van der Waals surface area (Å²) in [5.74, 6) is 0.667. The van der Waals surface area contributed by atoms with E-state index in [0.29, 0.717) is 12.1 Å². The molecule has 7 heteroatoms. The lowest BCUT2D eigenvalue weighted by atomic mass is 10.1. The molecule has 4 aromatic rings. The van der Waals surface area contributed by atoms with Gasteiger partial charge in [-0.15, -0.1) is 5.10 Å². The van der Waals surface area contributed by atoms with Gasteiger partial charge in [-0.25, -0.2) is 13.9 Å². The molecule has 1 aromatic carbocycles. The van der Waals surface area contributed by atoms with E-state index in [1.54, 1.807) is 24.5 Å². The number of piperazine rings is 1. The van der Waals surface area contributed by atoms with Crippen LogP contribution in [-0.2, 0) is 0 Å². The van der Waals surface area contributed by atoms with Gasteiger partial charge in [-0.05, 0) is 68.8 Å². The minimum absolute atomic E-state index is 0.267. The average Bonchev–Trinajstić information content (AvgIpc) is 3.14. The van der Waals surface area contributed by atoms with E-state index in [-0.39, 0.29) is 5.82 Å². The average molecular weight is 417 g/mol. The van der Waals surface area contributed by atoms with E-state index in [4.69, 9.17) is 10.1 Å². The van der Waals surface area contributed by atoms with E-state index in [2.05, 4.69) is 42.0 Å². The molecule has 1 aliphatic rings. The Morgan fingerprint density at radius 3 is 2.32 bits per heavy atom. The minimum atomic E-state index is -0.267. The Morgan fingerprint density at radius 1 is 0.968 bits per heavy atom. The number of benzene rings is 1. The number of hydrogen-bond donors (Lipinski definition) is 1. The summed E-state index contributed by atoms with van der Waals surface area (Å²) < 4.78 is 15.5. The van der Waals surface area contributed by atoms with Gasteiger partial charge in [0.1, 0.15) is 17.3 Å². The third-order valence-electron chi connectivity index (χ3n) is 5.71. The highest BCUT2D eigenvalue weighted by Crippen LogP contribution is 2.34. The molecule has 2 atom stereocenters. The first-order valence-corrected chi connectivity index (χ1v) is 10.6. The van der Waals surface area contributed by atoms with E-state index in [0.717, 1.165) is 52.6 Å². The number of halogens is 1. The van der Waals surface area contributed by atoms with Crippen molar-refractivity contribution < 1.29 is 4.39 Å². The van der Waals surface area contributed by atoms with E-state index in [9.17, 15) is 4.39 Å². The predicted molar refractivity (Wildman–Crippen MR) is 121 cm³/mol. The third kappa shape index (κ3) is 3.65. The molecule has 1 saturated heterocycles. The Hall–Kier alpha value is -3.32.